The highest BCUT2D eigenvalue weighted by Crippen LogP contribution is 1.98. The van der Waals surface area contributed by atoms with Gasteiger partial charge in [-0.2, -0.15) is 0 Å². The Balaban J connectivity index is 0.000000640. The molecule has 0 aromatic heterocycles. The van der Waals surface area contributed by atoms with Crippen LogP contribution < -0.4 is 5.32 Å². The van der Waals surface area contributed by atoms with E-state index in [0.29, 0.717) is 0 Å². The van der Waals surface area contributed by atoms with Crippen molar-refractivity contribution in [3.05, 3.63) is 36.5 Å². The van der Waals surface area contributed by atoms with Crippen molar-refractivity contribution in [3.63, 3.8) is 0 Å². The lowest BCUT2D eigenvalue weighted by Gasteiger charge is -1.82. The molecular weight excluding hydrogens is 141 g/mol. The van der Waals surface area contributed by atoms with Gasteiger partial charge in [0.2, 0.25) is 0 Å². The third-order valence-electron chi connectivity index (χ3n) is 0.780. The van der Waals surface area contributed by atoms with Crippen molar-refractivity contribution in [1.82, 2.24) is 5.32 Å². The van der Waals surface area contributed by atoms with Crippen molar-refractivity contribution in [2.45, 2.75) is 0 Å². The molecule has 3 heteroatoms. The van der Waals surface area contributed by atoms with Crippen LogP contribution in [0.3, 0.4) is 0 Å². The van der Waals surface area contributed by atoms with Crippen molar-refractivity contribution in [2.75, 3.05) is 0 Å². The van der Waals surface area contributed by atoms with Crippen molar-refractivity contribution in [2.24, 2.45) is 0 Å². The van der Waals surface area contributed by atoms with Gasteiger partial charge in [-0.15, -0.1) is 12.4 Å². The lowest BCUT2D eigenvalue weighted by atomic mass is 10.5. The van der Waals surface area contributed by atoms with Gasteiger partial charge < -0.3 is 5.32 Å². The van der Waals surface area contributed by atoms with E-state index in [1.54, 1.807) is 18.4 Å². The summed E-state index contributed by atoms with van der Waals surface area (Å²) in [5, 5.41) is 2.62. The molecule has 0 atom stereocenters. The Morgan fingerprint density at radius 3 is 2.89 bits per heavy atom. The number of hydrogen-bond donors (Lipinski definition) is 1. The molecule has 0 saturated heterocycles. The van der Waals surface area contributed by atoms with E-state index >= 15 is 0 Å². The zero-order valence-electron chi connectivity index (χ0n) is 4.67. The minimum absolute atomic E-state index is 0. The summed E-state index contributed by atoms with van der Waals surface area (Å²) in [6.45, 7) is 0. The summed E-state index contributed by atoms with van der Waals surface area (Å²) in [7, 11) is 0. The molecule has 9 heavy (non-hydrogen) atoms. The van der Waals surface area contributed by atoms with Crippen LogP contribution >= 0.6 is 12.4 Å². The number of rotatable bonds is 0. The SMILES string of the molecule is Cl.FC1=CNC=CC=C1. The topological polar surface area (TPSA) is 12.0 Å². The van der Waals surface area contributed by atoms with Crippen LogP contribution in [0.4, 0.5) is 4.39 Å². The Morgan fingerprint density at radius 2 is 2.11 bits per heavy atom. The van der Waals surface area contributed by atoms with Crippen LogP contribution in [0, 0.1) is 0 Å². The van der Waals surface area contributed by atoms with Gasteiger partial charge in [-0.25, -0.2) is 4.39 Å². The normalized spacial score (nSPS) is 15.0. The molecule has 1 heterocycles. The van der Waals surface area contributed by atoms with E-state index in [9.17, 15) is 4.39 Å². The first-order valence-electron chi connectivity index (χ1n) is 2.34. The van der Waals surface area contributed by atoms with E-state index in [4.69, 9.17) is 0 Å². The fourth-order valence-corrected chi connectivity index (χ4v) is 0.434. The predicted octanol–water partition coefficient (Wildman–Crippen LogP) is 1.89. The molecule has 1 rings (SSSR count). The average Bonchev–Trinajstić information content (AvgIpc) is 1.94. The van der Waals surface area contributed by atoms with E-state index in [1.807, 2.05) is 0 Å². The van der Waals surface area contributed by atoms with Crippen LogP contribution in [0.2, 0.25) is 0 Å². The van der Waals surface area contributed by atoms with Gasteiger partial charge in [-0.3, -0.25) is 0 Å². The maximum absolute atomic E-state index is 12.1. The largest absolute Gasteiger partial charge is 0.365 e. The third kappa shape index (κ3) is 2.93. The van der Waals surface area contributed by atoms with Gasteiger partial charge >= 0.3 is 0 Å². The molecule has 0 bridgehead atoms. The minimum atomic E-state index is -0.255. The molecule has 0 aromatic rings. The molecule has 1 N–H and O–H groups in total. The van der Waals surface area contributed by atoms with E-state index < -0.39 is 0 Å². The first-order valence-corrected chi connectivity index (χ1v) is 2.34. The number of halogens is 2. The molecule has 0 spiro atoms. The smallest absolute Gasteiger partial charge is 0.139 e. The lowest BCUT2D eigenvalue weighted by Crippen LogP contribution is -1.89. The molecule has 0 unspecified atom stereocenters. The fourth-order valence-electron chi connectivity index (χ4n) is 0.434. The summed E-state index contributed by atoms with van der Waals surface area (Å²) in [6, 6.07) is 0. The maximum atomic E-state index is 12.1. The Kier molecular flexibility index (Phi) is 3.80. The average molecular weight is 148 g/mol. The summed E-state index contributed by atoms with van der Waals surface area (Å²) >= 11 is 0. The van der Waals surface area contributed by atoms with Crippen LogP contribution in [0.15, 0.2) is 36.5 Å². The standard InChI is InChI=1S/C6H6FN.ClH/c7-6-3-1-2-4-8-5-6;/h1-5,8H;1H. The van der Waals surface area contributed by atoms with Crippen molar-refractivity contribution in [1.29, 1.82) is 0 Å². The number of allylic oxidation sites excluding steroid dienone is 4. The Bertz CT molecular complexity index is 158. The van der Waals surface area contributed by atoms with Crippen molar-refractivity contribution >= 4 is 12.4 Å². The Hall–Kier alpha value is -0.760. The highest BCUT2D eigenvalue weighted by molar-refractivity contribution is 5.85. The molecule has 0 radical (unpaired) electrons. The molecule has 0 saturated carbocycles. The molecular formula is C6H7ClFN. The lowest BCUT2D eigenvalue weighted by molar-refractivity contribution is 0.660. The van der Waals surface area contributed by atoms with Gasteiger partial charge in [-0.1, -0.05) is 6.08 Å². The Morgan fingerprint density at radius 1 is 1.33 bits per heavy atom. The van der Waals surface area contributed by atoms with Crippen LogP contribution in [0.5, 0.6) is 0 Å². The first kappa shape index (κ1) is 8.24. The zero-order valence-corrected chi connectivity index (χ0v) is 5.49. The molecule has 0 aliphatic carbocycles. The van der Waals surface area contributed by atoms with Gasteiger partial charge in [0, 0.05) is 12.4 Å². The van der Waals surface area contributed by atoms with E-state index in [-0.39, 0.29) is 18.2 Å². The Labute approximate surface area is 59.4 Å². The second-order valence-corrected chi connectivity index (χ2v) is 1.41. The van der Waals surface area contributed by atoms with E-state index in [1.165, 1.54) is 12.3 Å². The predicted molar refractivity (Wildman–Crippen MR) is 37.9 cm³/mol. The van der Waals surface area contributed by atoms with Gasteiger partial charge in [0.25, 0.3) is 0 Å². The van der Waals surface area contributed by atoms with Gasteiger partial charge in [-0.05, 0) is 12.2 Å². The van der Waals surface area contributed by atoms with E-state index in [0.717, 1.165) is 0 Å². The van der Waals surface area contributed by atoms with Crippen molar-refractivity contribution < 1.29 is 4.39 Å². The molecule has 1 aliphatic rings. The number of nitrogens with one attached hydrogen (secondary N) is 1. The van der Waals surface area contributed by atoms with Crippen LogP contribution in [0.25, 0.3) is 0 Å². The van der Waals surface area contributed by atoms with Crippen LogP contribution in [-0.4, -0.2) is 0 Å². The fraction of sp³-hybridized carbons (Fsp3) is 0. The second-order valence-electron chi connectivity index (χ2n) is 1.41. The third-order valence-corrected chi connectivity index (χ3v) is 0.780. The van der Waals surface area contributed by atoms with Gasteiger partial charge in [0.15, 0.2) is 0 Å². The first-order chi connectivity index (χ1) is 3.89. The summed E-state index contributed by atoms with van der Waals surface area (Å²) in [5.74, 6) is -0.255. The molecule has 50 valence electrons. The highest BCUT2D eigenvalue weighted by atomic mass is 35.5. The highest BCUT2D eigenvalue weighted by Gasteiger charge is 1.84. The van der Waals surface area contributed by atoms with Crippen molar-refractivity contribution in [3.8, 4) is 0 Å². The molecule has 0 fully saturated rings. The molecule has 1 aliphatic heterocycles. The summed E-state index contributed by atoms with van der Waals surface area (Å²) < 4.78 is 12.1. The maximum Gasteiger partial charge on any atom is 0.139 e. The summed E-state index contributed by atoms with van der Waals surface area (Å²) in [4.78, 5) is 0. The quantitative estimate of drug-likeness (QED) is 0.552. The molecule has 0 amide bonds. The second kappa shape index (κ2) is 4.15. The zero-order chi connectivity index (χ0) is 5.82. The van der Waals surface area contributed by atoms with Crippen LogP contribution in [0.1, 0.15) is 0 Å². The minimum Gasteiger partial charge on any atom is -0.365 e. The van der Waals surface area contributed by atoms with Crippen LogP contribution in [-0.2, 0) is 0 Å². The molecule has 1 nitrogen and oxygen atoms in total. The molecule has 0 aromatic carbocycles. The summed E-state index contributed by atoms with van der Waals surface area (Å²) in [6.07, 6.45) is 7.69. The van der Waals surface area contributed by atoms with Gasteiger partial charge in [0.1, 0.15) is 5.83 Å². The number of hydrogen-bond acceptors (Lipinski definition) is 1. The summed E-state index contributed by atoms with van der Waals surface area (Å²) in [5.41, 5.74) is 0. The monoisotopic (exact) mass is 147 g/mol. The van der Waals surface area contributed by atoms with Gasteiger partial charge in [0.05, 0.1) is 0 Å². The van der Waals surface area contributed by atoms with E-state index in [2.05, 4.69) is 5.32 Å².